The Morgan fingerprint density at radius 2 is 1.73 bits per heavy atom. The van der Waals surface area contributed by atoms with E-state index in [-0.39, 0.29) is 0 Å². The molecule has 0 N–H and O–H groups in total. The molecule has 2 heterocycles. The summed E-state index contributed by atoms with van der Waals surface area (Å²) in [5.74, 6) is 1.47. The van der Waals surface area contributed by atoms with E-state index >= 15 is 0 Å². The van der Waals surface area contributed by atoms with Crippen molar-refractivity contribution in [3.8, 4) is 11.4 Å². The molecule has 4 aromatic rings. The third-order valence-corrected chi connectivity index (χ3v) is 5.50. The first-order chi connectivity index (χ1) is 12.8. The minimum Gasteiger partial charge on any atom is -0.187 e. The fourth-order valence-electron chi connectivity index (χ4n) is 3.05. The lowest BCUT2D eigenvalue weighted by Crippen LogP contribution is -2.13. The van der Waals surface area contributed by atoms with E-state index in [0.717, 1.165) is 27.7 Å². The van der Waals surface area contributed by atoms with E-state index in [9.17, 15) is 0 Å². The van der Waals surface area contributed by atoms with Crippen molar-refractivity contribution >= 4 is 39.8 Å². The molecule has 0 spiro atoms. The summed E-state index contributed by atoms with van der Waals surface area (Å²) in [7, 11) is 0. The maximum Gasteiger partial charge on any atom is 0.212 e. The van der Waals surface area contributed by atoms with E-state index in [2.05, 4.69) is 52.7 Å². The zero-order valence-electron chi connectivity index (χ0n) is 13.6. The van der Waals surface area contributed by atoms with Crippen LogP contribution in [0.3, 0.4) is 0 Å². The number of hydrogen-bond donors (Lipinski definition) is 0. The molecule has 5 rings (SSSR count). The van der Waals surface area contributed by atoms with Gasteiger partial charge in [0.1, 0.15) is 0 Å². The molecule has 4 nitrogen and oxygen atoms in total. The van der Waals surface area contributed by atoms with E-state index in [1.165, 1.54) is 10.8 Å². The van der Waals surface area contributed by atoms with Crippen molar-refractivity contribution in [1.29, 1.82) is 0 Å². The molecule has 0 amide bonds. The lowest BCUT2D eigenvalue weighted by atomic mass is 10.0. The van der Waals surface area contributed by atoms with Gasteiger partial charge >= 0.3 is 0 Å². The molecular weight excluding hydrogens is 364 g/mol. The summed E-state index contributed by atoms with van der Waals surface area (Å²) < 4.78 is 1.81. The summed E-state index contributed by atoms with van der Waals surface area (Å²) in [5.41, 5.74) is 3.03. The molecule has 0 saturated heterocycles. The van der Waals surface area contributed by atoms with Crippen LogP contribution in [0.5, 0.6) is 0 Å². The van der Waals surface area contributed by atoms with Gasteiger partial charge < -0.3 is 0 Å². The number of halogens is 1. The van der Waals surface area contributed by atoms with E-state index in [1.54, 1.807) is 11.8 Å². The summed E-state index contributed by atoms with van der Waals surface area (Å²) in [6.07, 6.45) is 0. The Morgan fingerprint density at radius 1 is 0.846 bits per heavy atom. The Labute approximate surface area is 159 Å². The van der Waals surface area contributed by atoms with Gasteiger partial charge in [-0.15, -0.1) is 10.2 Å². The Bertz CT molecular complexity index is 1170. The molecule has 1 aliphatic rings. The van der Waals surface area contributed by atoms with Gasteiger partial charge in [-0.3, -0.25) is 0 Å². The molecule has 0 radical (unpaired) electrons. The number of hydrogen-bond acceptors (Lipinski definition) is 4. The number of aromatic nitrogens is 3. The standard InChI is InChI=1S/C20H13ClN4S/c21-17-7-3-6-16(11-17)19-22-23-20-25(19)24-18(12-26-20)15-9-8-13-4-1-2-5-14(13)10-15/h1-11H,12H2. The second kappa shape index (κ2) is 6.27. The Kier molecular flexibility index (Phi) is 3.76. The topological polar surface area (TPSA) is 43.1 Å². The summed E-state index contributed by atoms with van der Waals surface area (Å²) >= 11 is 7.77. The lowest BCUT2D eigenvalue weighted by molar-refractivity contribution is 0.762. The van der Waals surface area contributed by atoms with Crippen LogP contribution in [0.2, 0.25) is 5.02 Å². The molecule has 1 aliphatic heterocycles. The van der Waals surface area contributed by atoms with Gasteiger partial charge in [0.25, 0.3) is 0 Å². The van der Waals surface area contributed by atoms with E-state index < -0.39 is 0 Å². The molecule has 1 aromatic heterocycles. The number of fused-ring (bicyclic) bond motifs is 2. The first-order valence-electron chi connectivity index (χ1n) is 8.19. The highest BCUT2D eigenvalue weighted by Gasteiger charge is 2.21. The van der Waals surface area contributed by atoms with Gasteiger partial charge in [-0.05, 0) is 34.5 Å². The lowest BCUT2D eigenvalue weighted by Gasteiger charge is -2.14. The first-order valence-corrected chi connectivity index (χ1v) is 9.55. The second-order valence-electron chi connectivity index (χ2n) is 6.03. The third kappa shape index (κ3) is 2.69. The molecule has 6 heteroatoms. The number of nitrogens with zero attached hydrogens (tertiary/aromatic N) is 4. The van der Waals surface area contributed by atoms with Crippen LogP contribution in [0.15, 0.2) is 77.0 Å². The minimum atomic E-state index is 0.669. The molecule has 3 aromatic carbocycles. The van der Waals surface area contributed by atoms with E-state index in [4.69, 9.17) is 16.7 Å². The van der Waals surface area contributed by atoms with Crippen LogP contribution in [0, 0.1) is 0 Å². The molecule has 0 unspecified atom stereocenters. The Hall–Kier alpha value is -2.63. The van der Waals surface area contributed by atoms with Crippen LogP contribution in [-0.2, 0) is 0 Å². The van der Waals surface area contributed by atoms with Crippen molar-refractivity contribution in [2.45, 2.75) is 5.16 Å². The fraction of sp³-hybridized carbons (Fsp3) is 0.0500. The first kappa shape index (κ1) is 15.6. The Morgan fingerprint density at radius 3 is 2.62 bits per heavy atom. The zero-order valence-corrected chi connectivity index (χ0v) is 15.2. The summed E-state index contributed by atoms with van der Waals surface area (Å²) in [4.78, 5) is 0. The number of thioether (sulfide) groups is 1. The van der Waals surface area contributed by atoms with Crippen molar-refractivity contribution in [3.63, 3.8) is 0 Å². The van der Waals surface area contributed by atoms with Crippen molar-refractivity contribution in [2.24, 2.45) is 5.10 Å². The third-order valence-electron chi connectivity index (χ3n) is 4.34. The highest BCUT2D eigenvalue weighted by Crippen LogP contribution is 2.30. The van der Waals surface area contributed by atoms with Crippen molar-refractivity contribution in [2.75, 3.05) is 5.75 Å². The maximum atomic E-state index is 6.13. The highest BCUT2D eigenvalue weighted by atomic mass is 35.5. The normalized spacial score (nSPS) is 13.5. The van der Waals surface area contributed by atoms with Gasteiger partial charge in [0.15, 0.2) is 5.82 Å². The van der Waals surface area contributed by atoms with Gasteiger partial charge in [-0.2, -0.15) is 9.78 Å². The summed E-state index contributed by atoms with van der Waals surface area (Å²) in [6.45, 7) is 0. The molecule has 0 fully saturated rings. The van der Waals surface area contributed by atoms with Gasteiger partial charge in [0, 0.05) is 16.3 Å². The molecule has 0 atom stereocenters. The molecule has 126 valence electrons. The monoisotopic (exact) mass is 376 g/mol. The SMILES string of the molecule is Clc1cccc(-c2nnc3n2N=C(c2ccc4ccccc4c2)CS3)c1. The summed E-state index contributed by atoms with van der Waals surface area (Å²) in [5, 5.41) is 17.3. The smallest absolute Gasteiger partial charge is 0.187 e. The molecular formula is C20H13ClN4S. The molecule has 26 heavy (non-hydrogen) atoms. The van der Waals surface area contributed by atoms with E-state index in [0.29, 0.717) is 10.8 Å². The average Bonchev–Trinajstić information content (AvgIpc) is 3.11. The van der Waals surface area contributed by atoms with Crippen LogP contribution in [0.4, 0.5) is 0 Å². The van der Waals surface area contributed by atoms with Crippen molar-refractivity contribution < 1.29 is 0 Å². The molecule has 0 saturated carbocycles. The quantitative estimate of drug-likeness (QED) is 0.488. The van der Waals surface area contributed by atoms with E-state index in [1.807, 2.05) is 28.9 Å². The molecule has 0 bridgehead atoms. The highest BCUT2D eigenvalue weighted by molar-refractivity contribution is 7.99. The number of benzene rings is 3. The minimum absolute atomic E-state index is 0.669. The van der Waals surface area contributed by atoms with Crippen molar-refractivity contribution in [1.82, 2.24) is 14.9 Å². The van der Waals surface area contributed by atoms with Crippen LogP contribution in [0.25, 0.3) is 22.2 Å². The van der Waals surface area contributed by atoms with Crippen LogP contribution in [0.1, 0.15) is 5.56 Å². The average molecular weight is 377 g/mol. The van der Waals surface area contributed by atoms with Crippen LogP contribution >= 0.6 is 23.4 Å². The second-order valence-corrected chi connectivity index (χ2v) is 7.40. The van der Waals surface area contributed by atoms with Crippen LogP contribution < -0.4 is 0 Å². The van der Waals surface area contributed by atoms with Gasteiger partial charge in [0.2, 0.25) is 5.16 Å². The zero-order chi connectivity index (χ0) is 17.5. The van der Waals surface area contributed by atoms with Gasteiger partial charge in [0.05, 0.1) is 5.71 Å². The largest absolute Gasteiger partial charge is 0.212 e. The number of rotatable bonds is 2. The van der Waals surface area contributed by atoms with Gasteiger partial charge in [-0.1, -0.05) is 71.9 Å². The summed E-state index contributed by atoms with van der Waals surface area (Å²) in [6, 6.07) is 22.4. The predicted octanol–water partition coefficient (Wildman–Crippen LogP) is 5.11. The predicted molar refractivity (Wildman–Crippen MR) is 107 cm³/mol. The van der Waals surface area contributed by atoms with Gasteiger partial charge in [-0.25, -0.2) is 0 Å². The fourth-order valence-corrected chi connectivity index (χ4v) is 4.07. The molecule has 0 aliphatic carbocycles. The van der Waals surface area contributed by atoms with Crippen molar-refractivity contribution in [3.05, 3.63) is 77.3 Å². The maximum absolute atomic E-state index is 6.13. The van der Waals surface area contributed by atoms with Crippen LogP contribution in [-0.4, -0.2) is 26.3 Å². The Balaban J connectivity index is 1.61.